The summed E-state index contributed by atoms with van der Waals surface area (Å²) >= 11 is 0. The number of likely N-dealkylation sites (N-methyl/N-ethyl adjacent to an activating group) is 1. The molecule has 2 spiro atoms. The van der Waals surface area contributed by atoms with Gasteiger partial charge in [0, 0.05) is 72.8 Å². The average molecular weight is 1150 g/mol. The summed E-state index contributed by atoms with van der Waals surface area (Å²) in [6, 6.07) is 49.4. The van der Waals surface area contributed by atoms with Crippen molar-refractivity contribution in [2.45, 2.75) is 95.9 Å². The van der Waals surface area contributed by atoms with E-state index in [4.69, 9.17) is 34.2 Å². The molecule has 16 nitrogen and oxygen atoms in total. The van der Waals surface area contributed by atoms with Gasteiger partial charge in [-0.25, -0.2) is 19.4 Å². The topological polar surface area (TPSA) is 204 Å². The number of morpholine rings is 2. The fraction of sp³-hybridized carbons (Fsp3) is 0.365. The van der Waals surface area contributed by atoms with Crippen LogP contribution in [0.3, 0.4) is 0 Å². The number of fused-ring (bicyclic) bond motifs is 3. The molecule has 2 saturated heterocycles. The molecule has 0 amide bonds. The first-order valence-electron chi connectivity index (χ1n) is 26.5. The minimum absolute atomic E-state index is 0. The van der Waals surface area contributed by atoms with Crippen LogP contribution in [0.25, 0.3) is 0 Å². The van der Waals surface area contributed by atoms with Crippen LogP contribution < -0.4 is 54.8 Å². The molecule has 3 radical (unpaired) electrons. The molecule has 0 bridgehead atoms. The maximum atomic E-state index is 10.8. The van der Waals surface area contributed by atoms with Gasteiger partial charge in [-0.15, -0.1) is 12.4 Å². The smallest absolute Gasteiger partial charge is 0.793 e. The number of benzene rings is 6. The number of rotatable bonds is 7. The van der Waals surface area contributed by atoms with Gasteiger partial charge in [0.1, 0.15) is 40.8 Å². The van der Waals surface area contributed by atoms with E-state index < -0.39 is 29.6 Å². The Morgan fingerprint density at radius 3 is 1.37 bits per heavy atom. The predicted octanol–water partition coefficient (Wildman–Crippen LogP) is 5.66. The van der Waals surface area contributed by atoms with Crippen LogP contribution >= 0.6 is 12.4 Å². The number of nitrogens with two attached hydrogens (primary N) is 1. The molecule has 6 aromatic rings. The molecule has 82 heavy (non-hydrogen) atoms. The van der Waals surface area contributed by atoms with Crippen LogP contribution in [0.4, 0.5) is 0 Å². The van der Waals surface area contributed by atoms with Gasteiger partial charge in [-0.1, -0.05) is 127 Å². The van der Waals surface area contributed by atoms with E-state index in [9.17, 15) is 19.5 Å². The Balaban J connectivity index is 0.000000233. The van der Waals surface area contributed by atoms with Crippen LogP contribution in [0.1, 0.15) is 89.2 Å². The van der Waals surface area contributed by atoms with Crippen molar-refractivity contribution < 1.29 is 92.0 Å². The molecule has 0 aromatic heterocycles. The fourth-order valence-corrected chi connectivity index (χ4v) is 10.4. The summed E-state index contributed by atoms with van der Waals surface area (Å²) in [5.74, 6) is 0.939. The maximum absolute atomic E-state index is 10.8. The van der Waals surface area contributed by atoms with Gasteiger partial charge >= 0.3 is 41.5 Å². The molecule has 2 aliphatic heterocycles. The van der Waals surface area contributed by atoms with E-state index in [-0.39, 0.29) is 71.9 Å². The van der Waals surface area contributed by atoms with E-state index in [0.29, 0.717) is 6.42 Å². The van der Waals surface area contributed by atoms with Gasteiger partial charge in [0.2, 0.25) is 5.97 Å². The number of hydrogen-bond acceptors (Lipinski definition) is 16. The van der Waals surface area contributed by atoms with E-state index in [0.717, 1.165) is 111 Å². The van der Waals surface area contributed by atoms with E-state index in [2.05, 4.69) is 120 Å². The third-order valence-corrected chi connectivity index (χ3v) is 14.2. The second-order valence-electron chi connectivity index (χ2n) is 20.2. The summed E-state index contributed by atoms with van der Waals surface area (Å²) in [5, 5.41) is 14.3. The zero-order valence-corrected chi connectivity index (χ0v) is 51.0. The molecule has 4 N–H and O–H groups in total. The van der Waals surface area contributed by atoms with Crippen molar-refractivity contribution in [2.75, 3.05) is 53.0 Å². The van der Waals surface area contributed by atoms with Gasteiger partial charge in [0.15, 0.2) is 18.3 Å². The van der Waals surface area contributed by atoms with Crippen molar-refractivity contribution >= 4 is 45.2 Å². The Morgan fingerprint density at radius 2 is 0.976 bits per heavy atom. The molecular formula is C63H75BClN3NaO13. The van der Waals surface area contributed by atoms with Crippen molar-refractivity contribution in [1.29, 1.82) is 0 Å². The number of hydrogen-bond donors (Lipinski definition) is 3. The molecular weight excluding hydrogens is 1080 g/mol. The second kappa shape index (κ2) is 32.7. The van der Waals surface area contributed by atoms with Crippen LogP contribution in [-0.2, 0) is 62.3 Å². The Kier molecular flexibility index (Phi) is 27.3. The Labute approximate surface area is 511 Å². The number of nitrogens with zero attached hydrogens (tertiary/aromatic N) is 1. The molecule has 2 fully saturated rings. The first kappa shape index (κ1) is 68.4. The van der Waals surface area contributed by atoms with Crippen molar-refractivity contribution in [1.82, 2.24) is 10.2 Å². The van der Waals surface area contributed by atoms with Gasteiger partial charge in [-0.05, 0) is 96.1 Å². The molecule has 19 heteroatoms. The monoisotopic (exact) mass is 1150 g/mol. The number of aliphatic hydroxyl groups is 1. The number of para-hydroxylation sites is 3. The van der Waals surface area contributed by atoms with Crippen LogP contribution in [0, 0.1) is 20.8 Å². The standard InChI is InChI=1S/C20H23NO2.C19H21NO2.C17H19NO2.C4H6O4.C2H3BO2.CH2O.ClH.Na/c1-15-7-3-6-10-18(15)23-19-17-9-5-4-8-16(17)13-20(19)14-21(2)11-12-22-20;1-14-6-2-5-9-17(14)22-18-16-8-4-3-7-15(16)12-19(18)13-20-10-11-21-19;1-12-6-2-5-9-15(12)20-16-14-8-4-3-7-13(14)10-17(16,19)11-18;1-3(5)7-8-4(2)6;1-2(4)5-3;1-2;;/h3-10,19H,11-14H2,1-2H3;2-9,18,20H,10-13H2,1H3;2-9,16,19H,10-11,18H2,1H3;1-2H3;1H3;1H2;1H;/q;;;;-1;;;+1/t19-,20+;18-,19+;16-,17+;;;;;/m000...../s1. The summed E-state index contributed by atoms with van der Waals surface area (Å²) in [5.41, 5.74) is 14.9. The van der Waals surface area contributed by atoms with Gasteiger partial charge < -0.3 is 62.2 Å². The SMILES string of the molecule is C=O.CC(=O)OOC(C)=O.Cc1ccccc1O[C@H]1c2ccccc2C[C@@]1(O)CN.Cc1ccccc1O[C@H]1c2ccccc2C[C@@]12CN(C)CCO2.Cc1ccccc1O[C@H]1c2ccccc2C[C@@]12CNCCO2.Cl.[B-]OC(C)=O.[Na+]. The first-order chi connectivity index (χ1) is 38.5. The molecule has 6 atom stereocenters. The number of ether oxygens (including phenoxy) is 5. The van der Waals surface area contributed by atoms with Crippen molar-refractivity contribution in [2.24, 2.45) is 5.73 Å². The Bertz CT molecular complexity index is 2990. The van der Waals surface area contributed by atoms with E-state index in [1.165, 1.54) is 29.2 Å². The summed E-state index contributed by atoms with van der Waals surface area (Å²) in [6.45, 7) is 17.0. The summed E-state index contributed by atoms with van der Waals surface area (Å²) < 4.78 is 35.3. The van der Waals surface area contributed by atoms with Gasteiger partial charge in [0.05, 0.1) is 13.2 Å². The first-order valence-corrected chi connectivity index (χ1v) is 26.5. The third kappa shape index (κ3) is 17.7. The molecule has 0 unspecified atom stereocenters. The van der Waals surface area contributed by atoms with Gasteiger partial charge in [-0.3, -0.25) is 4.79 Å². The quantitative estimate of drug-likeness (QED) is 0.100. The van der Waals surface area contributed by atoms with E-state index >= 15 is 0 Å². The molecule has 5 aliphatic rings. The number of halogens is 1. The minimum atomic E-state index is -1.04. The summed E-state index contributed by atoms with van der Waals surface area (Å²) in [6.07, 6.45) is 1.84. The molecule has 2 heterocycles. The zero-order valence-electron chi connectivity index (χ0n) is 48.2. The Morgan fingerprint density at radius 1 is 0.610 bits per heavy atom. The average Bonchev–Trinajstić information content (AvgIpc) is 4.17. The van der Waals surface area contributed by atoms with Crippen LogP contribution in [0.2, 0.25) is 0 Å². The Hall–Kier alpha value is -6.09. The van der Waals surface area contributed by atoms with Crippen molar-refractivity contribution in [3.63, 3.8) is 0 Å². The molecule has 11 rings (SSSR count). The fourth-order valence-electron chi connectivity index (χ4n) is 10.4. The second-order valence-corrected chi connectivity index (χ2v) is 20.2. The molecule has 3 aliphatic carbocycles. The predicted molar refractivity (Wildman–Crippen MR) is 311 cm³/mol. The third-order valence-electron chi connectivity index (χ3n) is 14.2. The molecule has 0 saturated carbocycles. The van der Waals surface area contributed by atoms with Gasteiger partial charge in [0.25, 0.3) is 0 Å². The summed E-state index contributed by atoms with van der Waals surface area (Å²) in [7, 11) is 6.49. The summed E-state index contributed by atoms with van der Waals surface area (Å²) in [4.78, 5) is 47.1. The molecule has 431 valence electrons. The molecule has 6 aromatic carbocycles. The minimum Gasteiger partial charge on any atom is -0.793 e. The van der Waals surface area contributed by atoms with E-state index in [1.807, 2.05) is 92.6 Å². The number of aryl methyl sites for hydroxylation is 3. The largest absolute Gasteiger partial charge is 1.00 e. The maximum Gasteiger partial charge on any atom is 1.00 e. The van der Waals surface area contributed by atoms with Crippen molar-refractivity contribution in [3.8, 4) is 17.2 Å². The number of nitrogens with one attached hydrogen (secondary N) is 1. The van der Waals surface area contributed by atoms with E-state index in [1.54, 1.807) is 0 Å². The number of carbonyl (C=O) groups is 4. The zero-order chi connectivity index (χ0) is 57.9. The normalized spacial score (nSPS) is 22.0. The number of carbonyl (C=O) groups excluding carboxylic acids is 4. The van der Waals surface area contributed by atoms with Crippen LogP contribution in [0.15, 0.2) is 146 Å². The van der Waals surface area contributed by atoms with Gasteiger partial charge in [-0.2, -0.15) is 0 Å². The van der Waals surface area contributed by atoms with Crippen molar-refractivity contribution in [3.05, 3.63) is 196 Å². The van der Waals surface area contributed by atoms with Crippen LogP contribution in [-0.4, -0.2) is 113 Å². The van der Waals surface area contributed by atoms with Crippen LogP contribution in [0.5, 0.6) is 17.2 Å².